The number of hydrogen-bond donors (Lipinski definition) is 1. The Morgan fingerprint density at radius 1 is 1.11 bits per heavy atom. The number of methoxy groups -OCH3 is 1. The summed E-state index contributed by atoms with van der Waals surface area (Å²) in [5.41, 5.74) is 3.65. The molecule has 1 aliphatic carbocycles. The third-order valence-electron chi connectivity index (χ3n) is 4.98. The van der Waals surface area contributed by atoms with E-state index in [-0.39, 0.29) is 11.9 Å². The van der Waals surface area contributed by atoms with Gasteiger partial charge in [0.15, 0.2) is 0 Å². The summed E-state index contributed by atoms with van der Waals surface area (Å²) in [4.78, 5) is 8.95. The maximum Gasteiger partial charge on any atom is 0.132 e. The van der Waals surface area contributed by atoms with Gasteiger partial charge < -0.3 is 10.1 Å². The molecule has 0 fully saturated rings. The fraction of sp³-hybridized carbons (Fsp3) is 0.273. The molecule has 5 heteroatoms. The van der Waals surface area contributed by atoms with E-state index in [4.69, 9.17) is 4.74 Å². The molecule has 3 aromatic rings. The Labute approximate surface area is 158 Å². The van der Waals surface area contributed by atoms with Crippen molar-refractivity contribution in [1.29, 1.82) is 0 Å². The smallest absolute Gasteiger partial charge is 0.132 e. The molecule has 0 aliphatic heterocycles. The second kappa shape index (κ2) is 7.35. The topological polar surface area (TPSA) is 47.0 Å². The van der Waals surface area contributed by atoms with Gasteiger partial charge in [-0.2, -0.15) is 0 Å². The lowest BCUT2D eigenvalue weighted by Crippen LogP contribution is -2.18. The van der Waals surface area contributed by atoms with E-state index in [2.05, 4.69) is 39.6 Å². The van der Waals surface area contributed by atoms with Crippen LogP contribution in [0.1, 0.15) is 35.8 Å². The van der Waals surface area contributed by atoms with Crippen LogP contribution in [0, 0.1) is 12.7 Å². The highest BCUT2D eigenvalue weighted by Crippen LogP contribution is 2.33. The zero-order valence-electron chi connectivity index (χ0n) is 15.5. The average Bonchev–Trinajstić information content (AvgIpc) is 2.68. The van der Waals surface area contributed by atoms with Crippen molar-refractivity contribution in [3.8, 4) is 17.0 Å². The van der Waals surface area contributed by atoms with Gasteiger partial charge in [-0.25, -0.2) is 14.4 Å². The van der Waals surface area contributed by atoms with Gasteiger partial charge in [0.25, 0.3) is 0 Å². The molecule has 0 spiro atoms. The summed E-state index contributed by atoms with van der Waals surface area (Å²) in [5, 5.41) is 3.53. The van der Waals surface area contributed by atoms with Gasteiger partial charge in [-0.1, -0.05) is 24.3 Å². The molecule has 1 aromatic heterocycles. The lowest BCUT2D eigenvalue weighted by molar-refractivity contribution is 0.414. The van der Waals surface area contributed by atoms with Crippen LogP contribution in [0.25, 0.3) is 11.3 Å². The molecule has 1 heterocycles. The van der Waals surface area contributed by atoms with Gasteiger partial charge in [0, 0.05) is 11.6 Å². The molecule has 138 valence electrons. The van der Waals surface area contributed by atoms with Gasteiger partial charge in [0.1, 0.15) is 23.2 Å². The summed E-state index contributed by atoms with van der Waals surface area (Å²) in [6.45, 7) is 1.82. The number of anilines is 1. The molecule has 0 bridgehead atoms. The molecule has 0 saturated heterocycles. The number of halogens is 1. The second-order valence-electron chi connectivity index (χ2n) is 6.82. The van der Waals surface area contributed by atoms with Gasteiger partial charge in [0.2, 0.25) is 0 Å². The van der Waals surface area contributed by atoms with Gasteiger partial charge in [-0.15, -0.1) is 0 Å². The monoisotopic (exact) mass is 363 g/mol. The van der Waals surface area contributed by atoms with E-state index >= 15 is 0 Å². The first-order valence-corrected chi connectivity index (χ1v) is 9.18. The van der Waals surface area contributed by atoms with Crippen LogP contribution in [0.5, 0.6) is 5.75 Å². The lowest BCUT2D eigenvalue weighted by atomic mass is 9.88. The van der Waals surface area contributed by atoms with Crippen LogP contribution in [0.3, 0.4) is 0 Å². The van der Waals surface area contributed by atoms with Crippen molar-refractivity contribution in [2.24, 2.45) is 0 Å². The first-order chi connectivity index (χ1) is 13.1. The Morgan fingerprint density at radius 3 is 2.81 bits per heavy atom. The lowest BCUT2D eigenvalue weighted by Gasteiger charge is -2.27. The van der Waals surface area contributed by atoms with Gasteiger partial charge in [0.05, 0.1) is 18.8 Å². The summed E-state index contributed by atoms with van der Waals surface area (Å²) < 4.78 is 19.6. The molecule has 1 aliphatic rings. The summed E-state index contributed by atoms with van der Waals surface area (Å²) >= 11 is 0. The highest BCUT2D eigenvalue weighted by Gasteiger charge is 2.20. The highest BCUT2D eigenvalue weighted by atomic mass is 19.1. The third-order valence-corrected chi connectivity index (χ3v) is 4.98. The SMILES string of the molecule is COc1ccc(F)c(-c2cc(NC3CCCc4ccccc43)nc(C)n2)c1. The normalized spacial score (nSPS) is 15.9. The zero-order chi connectivity index (χ0) is 18.8. The summed E-state index contributed by atoms with van der Waals surface area (Å²) in [7, 11) is 1.57. The molecule has 27 heavy (non-hydrogen) atoms. The van der Waals surface area contributed by atoms with Crippen LogP contribution in [-0.4, -0.2) is 17.1 Å². The van der Waals surface area contributed by atoms with Gasteiger partial charge in [-0.3, -0.25) is 0 Å². The second-order valence-corrected chi connectivity index (χ2v) is 6.82. The molecule has 1 atom stereocenters. The third kappa shape index (κ3) is 3.63. The molecule has 0 saturated carbocycles. The first-order valence-electron chi connectivity index (χ1n) is 9.18. The summed E-state index contributed by atoms with van der Waals surface area (Å²) in [6.07, 6.45) is 3.29. The molecule has 4 rings (SSSR count). The minimum atomic E-state index is -0.331. The Balaban J connectivity index is 1.68. The Hall–Kier alpha value is -2.95. The number of fused-ring (bicyclic) bond motifs is 1. The van der Waals surface area contributed by atoms with Crippen LogP contribution in [0.15, 0.2) is 48.5 Å². The van der Waals surface area contributed by atoms with E-state index < -0.39 is 0 Å². The fourth-order valence-corrected chi connectivity index (χ4v) is 3.69. The predicted molar refractivity (Wildman–Crippen MR) is 104 cm³/mol. The van der Waals surface area contributed by atoms with Gasteiger partial charge >= 0.3 is 0 Å². The fourth-order valence-electron chi connectivity index (χ4n) is 3.69. The number of nitrogens with zero attached hydrogens (tertiary/aromatic N) is 2. The quantitative estimate of drug-likeness (QED) is 0.701. The number of benzene rings is 2. The Morgan fingerprint density at radius 2 is 1.96 bits per heavy atom. The summed E-state index contributed by atoms with van der Waals surface area (Å²) in [6, 6.07) is 15.2. The number of ether oxygens (including phenoxy) is 1. The molecule has 1 N–H and O–H groups in total. The number of hydrogen-bond acceptors (Lipinski definition) is 4. The number of aromatic nitrogens is 2. The van der Waals surface area contributed by atoms with E-state index in [1.54, 1.807) is 19.2 Å². The number of aryl methyl sites for hydroxylation is 2. The van der Waals surface area contributed by atoms with E-state index in [1.165, 1.54) is 17.2 Å². The predicted octanol–water partition coefficient (Wildman–Crippen LogP) is 5.09. The van der Waals surface area contributed by atoms with Crippen molar-refractivity contribution in [2.75, 3.05) is 12.4 Å². The van der Waals surface area contributed by atoms with Crippen LogP contribution < -0.4 is 10.1 Å². The summed E-state index contributed by atoms with van der Waals surface area (Å²) in [5.74, 6) is 1.57. The molecule has 1 unspecified atom stereocenters. The van der Waals surface area contributed by atoms with Crippen LogP contribution in [-0.2, 0) is 6.42 Å². The van der Waals surface area contributed by atoms with Crippen molar-refractivity contribution >= 4 is 5.82 Å². The van der Waals surface area contributed by atoms with Crippen LogP contribution >= 0.6 is 0 Å². The minimum absolute atomic E-state index is 0.201. The highest BCUT2D eigenvalue weighted by molar-refractivity contribution is 5.65. The van der Waals surface area contributed by atoms with Crippen LogP contribution in [0.4, 0.5) is 10.2 Å². The molecular formula is C22H22FN3O. The van der Waals surface area contributed by atoms with Crippen LogP contribution in [0.2, 0.25) is 0 Å². The van der Waals surface area contributed by atoms with E-state index in [0.717, 1.165) is 19.3 Å². The molecule has 2 aromatic carbocycles. The molecular weight excluding hydrogens is 341 g/mol. The molecule has 0 radical (unpaired) electrons. The van der Waals surface area contributed by atoms with Crippen molar-refractivity contribution in [3.05, 3.63) is 71.3 Å². The van der Waals surface area contributed by atoms with E-state index in [1.807, 2.05) is 13.0 Å². The van der Waals surface area contributed by atoms with Crippen molar-refractivity contribution in [3.63, 3.8) is 0 Å². The average molecular weight is 363 g/mol. The number of nitrogens with one attached hydrogen (secondary N) is 1. The van der Waals surface area contributed by atoms with Gasteiger partial charge in [-0.05, 0) is 55.5 Å². The van der Waals surface area contributed by atoms with E-state index in [9.17, 15) is 4.39 Å². The Kier molecular flexibility index (Phi) is 4.75. The largest absolute Gasteiger partial charge is 0.497 e. The van der Waals surface area contributed by atoms with Crippen molar-refractivity contribution in [2.45, 2.75) is 32.2 Å². The van der Waals surface area contributed by atoms with Crippen molar-refractivity contribution < 1.29 is 9.13 Å². The molecule has 0 amide bonds. The maximum atomic E-state index is 14.4. The zero-order valence-corrected chi connectivity index (χ0v) is 15.5. The Bertz CT molecular complexity index is 974. The standard InChI is InChI=1S/C22H22FN3O/c1-14-24-21(18-12-16(27-2)10-11-19(18)23)13-22(25-14)26-20-9-5-7-15-6-3-4-8-17(15)20/h3-4,6,8,10-13,20H,5,7,9H2,1-2H3,(H,24,25,26). The minimum Gasteiger partial charge on any atom is -0.497 e. The first kappa shape index (κ1) is 17.5. The maximum absolute atomic E-state index is 14.4. The van der Waals surface area contributed by atoms with E-state index in [0.29, 0.717) is 28.6 Å². The van der Waals surface area contributed by atoms with Crippen molar-refractivity contribution in [1.82, 2.24) is 9.97 Å². The molecule has 4 nitrogen and oxygen atoms in total. The number of rotatable bonds is 4.